The second-order valence-electron chi connectivity index (χ2n) is 4.00. The normalized spacial score (nSPS) is 11.6. The zero-order valence-corrected chi connectivity index (χ0v) is 10.9. The van der Waals surface area contributed by atoms with Gasteiger partial charge >= 0.3 is 5.97 Å². The summed E-state index contributed by atoms with van der Waals surface area (Å²) in [5, 5.41) is 9.01. The van der Waals surface area contributed by atoms with E-state index < -0.39 is 22.5 Å². The summed E-state index contributed by atoms with van der Waals surface area (Å²) >= 11 is 0. The fourth-order valence-corrected chi connectivity index (χ4v) is 2.93. The Hall–Kier alpha value is -1.99. The number of benzene rings is 1. The van der Waals surface area contributed by atoms with E-state index in [1.807, 2.05) is 11.6 Å². The molecule has 0 aliphatic heterocycles. The van der Waals surface area contributed by atoms with Gasteiger partial charge < -0.3 is 5.11 Å². The smallest absolute Gasteiger partial charge is 0.318 e. The number of hydrogen-bond acceptors (Lipinski definition) is 4. The quantitative estimate of drug-likeness (QED) is 0.867. The van der Waals surface area contributed by atoms with Crippen LogP contribution in [0.25, 0.3) is 10.9 Å². The molecule has 0 bridgehead atoms. The van der Waals surface area contributed by atoms with Crippen LogP contribution in [0.15, 0.2) is 35.4 Å². The molecule has 100 valence electrons. The first kappa shape index (κ1) is 13.4. The van der Waals surface area contributed by atoms with Crippen molar-refractivity contribution in [1.82, 2.24) is 9.71 Å². The van der Waals surface area contributed by atoms with Crippen LogP contribution in [-0.4, -0.2) is 31.0 Å². The minimum absolute atomic E-state index is 0.0300. The summed E-state index contributed by atoms with van der Waals surface area (Å²) in [4.78, 5) is 14.6. The minimum Gasteiger partial charge on any atom is -0.480 e. The molecule has 0 unspecified atom stereocenters. The van der Waals surface area contributed by atoms with E-state index in [2.05, 4.69) is 4.98 Å². The highest BCUT2D eigenvalue weighted by Gasteiger charge is 2.19. The molecule has 0 fully saturated rings. The number of nitrogens with one attached hydrogen (secondary N) is 1. The fraction of sp³-hybridized carbons (Fsp3) is 0.167. The van der Waals surface area contributed by atoms with Gasteiger partial charge in [-0.3, -0.25) is 9.78 Å². The number of aliphatic carboxylic acids is 1. The molecule has 0 aliphatic rings. The molecule has 0 saturated carbocycles. The molecule has 7 heteroatoms. The summed E-state index contributed by atoms with van der Waals surface area (Å²) in [7, 11) is -3.87. The number of sulfonamides is 1. The average Bonchev–Trinajstić information content (AvgIpc) is 2.37. The number of carboxylic acids is 1. The highest BCUT2D eigenvalue weighted by Crippen LogP contribution is 2.23. The predicted molar refractivity (Wildman–Crippen MR) is 69.3 cm³/mol. The number of carbonyl (C=O) groups is 1. The van der Waals surface area contributed by atoms with Gasteiger partial charge in [0.1, 0.15) is 6.54 Å². The standard InChI is InChI=1S/C12H12N2O4S/c1-8-4-5-10(9-3-2-6-13-12(8)9)19(17,18)14-7-11(15)16/h2-6,14H,7H2,1H3,(H,15,16). The Balaban J connectivity index is 2.57. The van der Waals surface area contributed by atoms with Crippen LogP contribution in [0.5, 0.6) is 0 Å². The van der Waals surface area contributed by atoms with E-state index in [9.17, 15) is 13.2 Å². The van der Waals surface area contributed by atoms with Gasteiger partial charge in [0.2, 0.25) is 10.0 Å². The zero-order valence-electron chi connectivity index (χ0n) is 10.1. The number of aromatic nitrogens is 1. The Morgan fingerprint density at radius 3 is 2.79 bits per heavy atom. The third-order valence-corrected chi connectivity index (χ3v) is 4.09. The van der Waals surface area contributed by atoms with Crippen molar-refractivity contribution in [3.05, 3.63) is 36.0 Å². The SMILES string of the molecule is Cc1ccc(S(=O)(=O)NCC(=O)O)c2cccnc12. The van der Waals surface area contributed by atoms with Crippen molar-refractivity contribution in [2.24, 2.45) is 0 Å². The molecule has 2 rings (SSSR count). The average molecular weight is 280 g/mol. The number of hydrogen-bond donors (Lipinski definition) is 2. The minimum atomic E-state index is -3.87. The van der Waals surface area contributed by atoms with Crippen LogP contribution in [0.2, 0.25) is 0 Å². The molecule has 2 N–H and O–H groups in total. The maximum absolute atomic E-state index is 12.1. The second-order valence-corrected chi connectivity index (χ2v) is 5.73. The molecule has 0 saturated heterocycles. The highest BCUT2D eigenvalue weighted by atomic mass is 32.2. The van der Waals surface area contributed by atoms with E-state index in [0.717, 1.165) is 5.56 Å². The van der Waals surface area contributed by atoms with Gasteiger partial charge in [0.15, 0.2) is 0 Å². The maximum Gasteiger partial charge on any atom is 0.318 e. The van der Waals surface area contributed by atoms with Crippen molar-refractivity contribution < 1.29 is 18.3 Å². The van der Waals surface area contributed by atoms with Crippen LogP contribution >= 0.6 is 0 Å². The molecule has 2 aromatic rings. The van der Waals surface area contributed by atoms with E-state index in [1.165, 1.54) is 6.07 Å². The summed E-state index contributed by atoms with van der Waals surface area (Å²) in [5.41, 5.74) is 1.44. The third kappa shape index (κ3) is 2.72. The van der Waals surface area contributed by atoms with Crippen LogP contribution in [0.3, 0.4) is 0 Å². The lowest BCUT2D eigenvalue weighted by atomic mass is 10.1. The number of fused-ring (bicyclic) bond motifs is 1. The summed E-state index contributed by atoms with van der Waals surface area (Å²) in [6.45, 7) is 1.17. The Kier molecular flexibility index (Phi) is 3.50. The first-order chi connectivity index (χ1) is 8.92. The maximum atomic E-state index is 12.1. The molecule has 0 atom stereocenters. The molecular weight excluding hydrogens is 268 g/mol. The predicted octanol–water partition coefficient (Wildman–Crippen LogP) is 0.906. The number of pyridine rings is 1. The lowest BCUT2D eigenvalue weighted by molar-refractivity contribution is -0.135. The number of nitrogens with zero attached hydrogens (tertiary/aromatic N) is 1. The molecule has 0 radical (unpaired) electrons. The van der Waals surface area contributed by atoms with E-state index >= 15 is 0 Å². The Bertz CT molecular complexity index is 740. The first-order valence-corrected chi connectivity index (χ1v) is 6.96. The van der Waals surface area contributed by atoms with E-state index in [1.54, 1.807) is 24.4 Å². The van der Waals surface area contributed by atoms with Gasteiger partial charge in [-0.05, 0) is 30.7 Å². The van der Waals surface area contributed by atoms with Crippen LogP contribution in [0.4, 0.5) is 0 Å². The van der Waals surface area contributed by atoms with Gasteiger partial charge in [-0.25, -0.2) is 8.42 Å². The van der Waals surface area contributed by atoms with Gasteiger partial charge in [0.05, 0.1) is 10.4 Å². The van der Waals surface area contributed by atoms with Crippen LogP contribution in [0.1, 0.15) is 5.56 Å². The second kappa shape index (κ2) is 4.94. The van der Waals surface area contributed by atoms with Crippen molar-refractivity contribution in [2.45, 2.75) is 11.8 Å². The molecule has 0 amide bonds. The molecule has 6 nitrogen and oxygen atoms in total. The van der Waals surface area contributed by atoms with Crippen LogP contribution in [0, 0.1) is 6.92 Å². The van der Waals surface area contributed by atoms with E-state index in [4.69, 9.17) is 5.11 Å². The molecule has 1 heterocycles. The summed E-state index contributed by atoms with van der Waals surface area (Å²) in [6.07, 6.45) is 1.58. The first-order valence-electron chi connectivity index (χ1n) is 5.47. The molecule has 0 spiro atoms. The topological polar surface area (TPSA) is 96.4 Å². The summed E-state index contributed by atoms with van der Waals surface area (Å²) in [6, 6.07) is 6.37. The van der Waals surface area contributed by atoms with E-state index in [-0.39, 0.29) is 4.90 Å². The van der Waals surface area contributed by atoms with Crippen molar-refractivity contribution in [2.75, 3.05) is 6.54 Å². The molecule has 0 aliphatic carbocycles. The molecule has 19 heavy (non-hydrogen) atoms. The van der Waals surface area contributed by atoms with Gasteiger partial charge in [-0.1, -0.05) is 6.07 Å². The Morgan fingerprint density at radius 2 is 2.11 bits per heavy atom. The van der Waals surface area contributed by atoms with Crippen molar-refractivity contribution in [1.29, 1.82) is 0 Å². The monoisotopic (exact) mass is 280 g/mol. The van der Waals surface area contributed by atoms with E-state index in [0.29, 0.717) is 10.9 Å². The summed E-state index contributed by atoms with van der Waals surface area (Å²) < 4.78 is 26.2. The Labute approximate surface area is 110 Å². The van der Waals surface area contributed by atoms with Crippen molar-refractivity contribution in [3.63, 3.8) is 0 Å². The number of rotatable bonds is 4. The molecule has 1 aromatic heterocycles. The molecular formula is C12H12N2O4S. The van der Waals surface area contributed by atoms with Crippen LogP contribution < -0.4 is 4.72 Å². The lowest BCUT2D eigenvalue weighted by Crippen LogP contribution is -2.29. The van der Waals surface area contributed by atoms with Crippen molar-refractivity contribution in [3.8, 4) is 0 Å². The fourth-order valence-electron chi connectivity index (χ4n) is 1.76. The van der Waals surface area contributed by atoms with Gasteiger partial charge in [0, 0.05) is 11.6 Å². The Morgan fingerprint density at radius 1 is 1.37 bits per heavy atom. The molecule has 1 aromatic carbocycles. The van der Waals surface area contributed by atoms with Gasteiger partial charge in [0.25, 0.3) is 0 Å². The largest absolute Gasteiger partial charge is 0.480 e. The summed E-state index contributed by atoms with van der Waals surface area (Å²) in [5.74, 6) is -1.24. The number of carboxylic acid groups (broad SMARTS) is 1. The van der Waals surface area contributed by atoms with Gasteiger partial charge in [-0.2, -0.15) is 4.72 Å². The lowest BCUT2D eigenvalue weighted by Gasteiger charge is -2.09. The van der Waals surface area contributed by atoms with Gasteiger partial charge in [-0.15, -0.1) is 0 Å². The highest BCUT2D eigenvalue weighted by molar-refractivity contribution is 7.89. The van der Waals surface area contributed by atoms with Crippen molar-refractivity contribution >= 4 is 26.9 Å². The third-order valence-electron chi connectivity index (χ3n) is 2.63. The van der Waals surface area contributed by atoms with Crippen LogP contribution in [-0.2, 0) is 14.8 Å². The number of aryl methyl sites for hydroxylation is 1. The zero-order chi connectivity index (χ0) is 14.0.